The second-order valence-corrected chi connectivity index (χ2v) is 6.19. The van der Waals surface area contributed by atoms with E-state index in [2.05, 4.69) is 10.4 Å². The van der Waals surface area contributed by atoms with Crippen LogP contribution in [0.5, 0.6) is 0 Å². The molecule has 2 aromatic carbocycles. The number of aliphatic carboxylic acids is 1. The molecule has 0 unspecified atom stereocenters. The molecule has 0 aliphatic heterocycles. The van der Waals surface area contributed by atoms with Crippen LogP contribution in [0.3, 0.4) is 0 Å². The highest BCUT2D eigenvalue weighted by molar-refractivity contribution is 6.05. The standard InChI is InChI=1S/C20H18FN3O4/c1-2-24-20(28)15-6-4-3-5-14(15)18(23-24)19(27)22-16(11-17(25)26)12-7-9-13(21)10-8-12/h3-10,16H,2,11H2,1H3,(H,22,27)(H,25,26)/t16-/m0/s1. The Morgan fingerprint density at radius 1 is 1.14 bits per heavy atom. The molecule has 28 heavy (non-hydrogen) atoms. The van der Waals surface area contributed by atoms with E-state index in [0.717, 1.165) is 0 Å². The van der Waals surface area contributed by atoms with Crippen molar-refractivity contribution in [2.75, 3.05) is 0 Å². The maximum atomic E-state index is 13.2. The van der Waals surface area contributed by atoms with Crippen molar-refractivity contribution in [1.29, 1.82) is 0 Å². The number of rotatable bonds is 6. The van der Waals surface area contributed by atoms with Crippen LogP contribution in [0.25, 0.3) is 10.8 Å². The zero-order valence-corrected chi connectivity index (χ0v) is 15.1. The Kier molecular flexibility index (Phi) is 5.49. The number of hydrogen-bond acceptors (Lipinski definition) is 4. The quantitative estimate of drug-likeness (QED) is 0.681. The van der Waals surface area contributed by atoms with Gasteiger partial charge in [-0.25, -0.2) is 9.07 Å². The van der Waals surface area contributed by atoms with Crippen molar-refractivity contribution in [3.05, 3.63) is 76.0 Å². The van der Waals surface area contributed by atoms with Crippen LogP contribution in [0.2, 0.25) is 0 Å². The van der Waals surface area contributed by atoms with Crippen LogP contribution >= 0.6 is 0 Å². The Morgan fingerprint density at radius 2 is 1.79 bits per heavy atom. The minimum atomic E-state index is -1.12. The lowest BCUT2D eigenvalue weighted by Crippen LogP contribution is -2.33. The van der Waals surface area contributed by atoms with Gasteiger partial charge in [0.25, 0.3) is 11.5 Å². The third kappa shape index (κ3) is 3.90. The minimum absolute atomic E-state index is 0.0227. The molecule has 8 heteroatoms. The van der Waals surface area contributed by atoms with Gasteiger partial charge < -0.3 is 10.4 Å². The number of nitrogens with zero attached hydrogens (tertiary/aromatic N) is 2. The van der Waals surface area contributed by atoms with E-state index in [1.165, 1.54) is 28.9 Å². The number of aryl methyl sites for hydroxylation is 1. The number of aromatic nitrogens is 2. The summed E-state index contributed by atoms with van der Waals surface area (Å²) in [5.74, 6) is -2.20. The summed E-state index contributed by atoms with van der Waals surface area (Å²) < 4.78 is 14.4. The number of nitrogens with one attached hydrogen (secondary N) is 1. The number of benzene rings is 2. The highest BCUT2D eigenvalue weighted by atomic mass is 19.1. The van der Waals surface area contributed by atoms with Gasteiger partial charge in [-0.3, -0.25) is 14.4 Å². The summed E-state index contributed by atoms with van der Waals surface area (Å²) in [7, 11) is 0. The summed E-state index contributed by atoms with van der Waals surface area (Å²) >= 11 is 0. The first-order chi connectivity index (χ1) is 13.4. The van der Waals surface area contributed by atoms with Crippen molar-refractivity contribution in [2.24, 2.45) is 0 Å². The molecule has 0 bridgehead atoms. The summed E-state index contributed by atoms with van der Waals surface area (Å²) in [5, 5.41) is 16.7. The molecule has 0 saturated heterocycles. The number of carbonyl (C=O) groups excluding carboxylic acids is 1. The van der Waals surface area contributed by atoms with E-state index in [1.54, 1.807) is 31.2 Å². The number of carboxylic acids is 1. The van der Waals surface area contributed by atoms with Crippen molar-refractivity contribution < 1.29 is 19.1 Å². The summed E-state index contributed by atoms with van der Waals surface area (Å²) in [6.07, 6.45) is -0.386. The van der Waals surface area contributed by atoms with E-state index in [0.29, 0.717) is 16.3 Å². The molecule has 1 aromatic heterocycles. The first-order valence-corrected chi connectivity index (χ1v) is 8.68. The summed E-state index contributed by atoms with van der Waals surface area (Å²) in [5.41, 5.74) is 0.162. The van der Waals surface area contributed by atoms with Crippen molar-refractivity contribution >= 4 is 22.6 Å². The molecule has 2 N–H and O–H groups in total. The van der Waals surface area contributed by atoms with E-state index in [1.807, 2.05) is 0 Å². The normalized spacial score (nSPS) is 11.9. The molecule has 0 aliphatic rings. The van der Waals surface area contributed by atoms with Crippen LogP contribution in [0.1, 0.15) is 35.4 Å². The van der Waals surface area contributed by atoms with E-state index < -0.39 is 23.7 Å². The Morgan fingerprint density at radius 3 is 2.39 bits per heavy atom. The van der Waals surface area contributed by atoms with Gasteiger partial charge >= 0.3 is 5.97 Å². The Balaban J connectivity index is 2.02. The molecule has 0 radical (unpaired) electrons. The zero-order chi connectivity index (χ0) is 20.3. The molecule has 3 aromatic rings. The first-order valence-electron chi connectivity index (χ1n) is 8.68. The molecule has 0 fully saturated rings. The third-order valence-electron chi connectivity index (χ3n) is 4.34. The van der Waals surface area contributed by atoms with Crippen molar-refractivity contribution in [3.63, 3.8) is 0 Å². The number of fused-ring (bicyclic) bond motifs is 1. The fourth-order valence-corrected chi connectivity index (χ4v) is 2.97. The summed E-state index contributed by atoms with van der Waals surface area (Å²) in [6, 6.07) is 10.9. The number of carboxylic acid groups (broad SMARTS) is 1. The van der Waals surface area contributed by atoms with Gasteiger partial charge in [0.05, 0.1) is 17.8 Å². The minimum Gasteiger partial charge on any atom is -0.481 e. The highest BCUT2D eigenvalue weighted by Gasteiger charge is 2.22. The van der Waals surface area contributed by atoms with Gasteiger partial charge in [0.2, 0.25) is 0 Å². The van der Waals surface area contributed by atoms with Crippen molar-refractivity contribution in [2.45, 2.75) is 25.9 Å². The van der Waals surface area contributed by atoms with Crippen molar-refractivity contribution in [1.82, 2.24) is 15.1 Å². The summed E-state index contributed by atoms with van der Waals surface area (Å²) in [4.78, 5) is 36.6. The third-order valence-corrected chi connectivity index (χ3v) is 4.34. The average molecular weight is 383 g/mol. The fourth-order valence-electron chi connectivity index (χ4n) is 2.97. The maximum absolute atomic E-state index is 13.2. The Bertz CT molecular complexity index is 1090. The van der Waals surface area contributed by atoms with Crippen LogP contribution in [0.15, 0.2) is 53.3 Å². The van der Waals surface area contributed by atoms with E-state index in [4.69, 9.17) is 0 Å². The largest absolute Gasteiger partial charge is 0.481 e. The molecule has 0 spiro atoms. The SMILES string of the molecule is CCn1nc(C(=O)N[C@@H](CC(=O)O)c2ccc(F)cc2)c2ccccc2c1=O. The smallest absolute Gasteiger partial charge is 0.305 e. The van der Waals surface area contributed by atoms with Crippen LogP contribution < -0.4 is 10.9 Å². The molecule has 1 amide bonds. The predicted octanol–water partition coefficient (Wildman–Crippen LogP) is 2.50. The van der Waals surface area contributed by atoms with Crippen LogP contribution in [0.4, 0.5) is 4.39 Å². The fraction of sp³-hybridized carbons (Fsp3) is 0.200. The van der Waals surface area contributed by atoms with Gasteiger partial charge in [-0.2, -0.15) is 5.10 Å². The molecule has 0 saturated carbocycles. The predicted molar refractivity (Wildman–Crippen MR) is 101 cm³/mol. The molecular weight excluding hydrogens is 365 g/mol. The topological polar surface area (TPSA) is 101 Å². The number of hydrogen-bond donors (Lipinski definition) is 2. The van der Waals surface area contributed by atoms with E-state index in [9.17, 15) is 23.9 Å². The number of halogens is 1. The van der Waals surface area contributed by atoms with Gasteiger partial charge in [0.1, 0.15) is 5.82 Å². The monoisotopic (exact) mass is 383 g/mol. The Hall–Kier alpha value is -3.55. The molecule has 1 atom stereocenters. The average Bonchev–Trinajstić information content (AvgIpc) is 2.68. The molecule has 144 valence electrons. The Labute approximate surface area is 159 Å². The second kappa shape index (κ2) is 7.99. The number of carbonyl (C=O) groups is 2. The lowest BCUT2D eigenvalue weighted by molar-refractivity contribution is -0.137. The lowest BCUT2D eigenvalue weighted by Gasteiger charge is -2.18. The molecular formula is C20H18FN3O4. The highest BCUT2D eigenvalue weighted by Crippen LogP contribution is 2.20. The van der Waals surface area contributed by atoms with Gasteiger partial charge in [-0.05, 0) is 30.7 Å². The molecule has 7 nitrogen and oxygen atoms in total. The van der Waals surface area contributed by atoms with E-state index >= 15 is 0 Å². The van der Waals surface area contributed by atoms with Crippen LogP contribution in [-0.2, 0) is 11.3 Å². The van der Waals surface area contributed by atoms with Gasteiger partial charge in [-0.15, -0.1) is 0 Å². The van der Waals surface area contributed by atoms with Crippen LogP contribution in [0, 0.1) is 5.82 Å². The van der Waals surface area contributed by atoms with E-state index in [-0.39, 0.29) is 24.2 Å². The van der Waals surface area contributed by atoms with Crippen molar-refractivity contribution in [3.8, 4) is 0 Å². The lowest BCUT2D eigenvalue weighted by atomic mass is 10.0. The maximum Gasteiger partial charge on any atom is 0.305 e. The van der Waals surface area contributed by atoms with Gasteiger partial charge in [0, 0.05) is 11.9 Å². The molecule has 0 aliphatic carbocycles. The zero-order valence-electron chi connectivity index (χ0n) is 15.1. The van der Waals surface area contributed by atoms with Gasteiger partial charge in [0.15, 0.2) is 5.69 Å². The second-order valence-electron chi connectivity index (χ2n) is 6.19. The van der Waals surface area contributed by atoms with Crippen LogP contribution in [-0.4, -0.2) is 26.8 Å². The summed E-state index contributed by atoms with van der Waals surface area (Å²) in [6.45, 7) is 2.01. The molecule has 3 rings (SSSR count). The van der Waals surface area contributed by atoms with Gasteiger partial charge in [-0.1, -0.05) is 30.3 Å². The first kappa shape index (κ1) is 19.2. The number of amides is 1. The molecule has 1 heterocycles.